The summed E-state index contributed by atoms with van der Waals surface area (Å²) in [7, 11) is 0. The highest BCUT2D eigenvalue weighted by Crippen LogP contribution is 2.30. The van der Waals surface area contributed by atoms with Gasteiger partial charge in [-0.1, -0.05) is 20.8 Å². The lowest BCUT2D eigenvalue weighted by Crippen LogP contribution is -2.12. The Morgan fingerprint density at radius 3 is 2.83 bits per heavy atom. The van der Waals surface area contributed by atoms with Crippen LogP contribution in [-0.2, 0) is 6.54 Å². The van der Waals surface area contributed by atoms with Crippen molar-refractivity contribution in [3.63, 3.8) is 0 Å². The molecule has 96 valence electrons. The van der Waals surface area contributed by atoms with Crippen molar-refractivity contribution in [2.75, 3.05) is 6.54 Å². The first kappa shape index (κ1) is 13.1. The van der Waals surface area contributed by atoms with Crippen LogP contribution in [0.3, 0.4) is 0 Å². The third-order valence-electron chi connectivity index (χ3n) is 2.61. The normalized spacial score (nSPS) is 11.1. The summed E-state index contributed by atoms with van der Waals surface area (Å²) in [5, 5.41) is 4.34. The first-order valence-corrected chi connectivity index (χ1v) is 7.00. The average molecular weight is 262 g/mol. The van der Waals surface area contributed by atoms with E-state index in [9.17, 15) is 0 Å². The second-order valence-corrected chi connectivity index (χ2v) is 5.44. The van der Waals surface area contributed by atoms with Crippen LogP contribution in [0.25, 0.3) is 10.7 Å². The lowest BCUT2D eigenvalue weighted by atomic mass is 10.1. The Morgan fingerprint density at radius 1 is 1.39 bits per heavy atom. The third kappa shape index (κ3) is 2.91. The number of thiazole rings is 1. The molecule has 0 aromatic carbocycles. The molecule has 0 radical (unpaired) electrons. The molecule has 0 fully saturated rings. The minimum Gasteiger partial charge on any atom is -0.312 e. The lowest BCUT2D eigenvalue weighted by Gasteiger charge is -2.04. The maximum absolute atomic E-state index is 4.72. The van der Waals surface area contributed by atoms with E-state index in [1.54, 1.807) is 23.9 Å². The van der Waals surface area contributed by atoms with Crippen molar-refractivity contribution in [3.05, 3.63) is 29.2 Å². The standard InChI is InChI=1S/C13H18N4S/c1-4-14-7-11-12(9(2)3)17-13(18-11)10-5-6-15-8-16-10/h5-6,8-9,14H,4,7H2,1-3H3. The zero-order valence-corrected chi connectivity index (χ0v) is 11.8. The molecule has 2 rings (SSSR count). The SMILES string of the molecule is CCNCc1sc(-c2ccncn2)nc1C(C)C. The average Bonchev–Trinajstić information content (AvgIpc) is 2.81. The van der Waals surface area contributed by atoms with E-state index in [0.29, 0.717) is 5.92 Å². The molecule has 0 unspecified atom stereocenters. The molecule has 0 spiro atoms. The fourth-order valence-electron chi connectivity index (χ4n) is 1.71. The van der Waals surface area contributed by atoms with Gasteiger partial charge in [-0.3, -0.25) is 0 Å². The maximum atomic E-state index is 4.72. The maximum Gasteiger partial charge on any atom is 0.142 e. The molecule has 18 heavy (non-hydrogen) atoms. The molecular formula is C13H18N4S. The van der Waals surface area contributed by atoms with Gasteiger partial charge >= 0.3 is 0 Å². The third-order valence-corrected chi connectivity index (χ3v) is 3.70. The van der Waals surface area contributed by atoms with Crippen molar-refractivity contribution in [2.45, 2.75) is 33.2 Å². The fourth-order valence-corrected chi connectivity index (χ4v) is 2.87. The van der Waals surface area contributed by atoms with Crippen molar-refractivity contribution < 1.29 is 0 Å². The molecule has 5 heteroatoms. The van der Waals surface area contributed by atoms with Crippen LogP contribution in [-0.4, -0.2) is 21.5 Å². The van der Waals surface area contributed by atoms with Gasteiger partial charge in [0.1, 0.15) is 17.0 Å². The van der Waals surface area contributed by atoms with Gasteiger partial charge in [0.2, 0.25) is 0 Å². The first-order chi connectivity index (χ1) is 8.72. The van der Waals surface area contributed by atoms with Crippen LogP contribution in [0.15, 0.2) is 18.6 Å². The Hall–Kier alpha value is -1.33. The van der Waals surface area contributed by atoms with Crippen LogP contribution in [0.5, 0.6) is 0 Å². The molecule has 0 aliphatic heterocycles. The van der Waals surface area contributed by atoms with Gasteiger partial charge in [0.25, 0.3) is 0 Å². The van der Waals surface area contributed by atoms with Gasteiger partial charge in [0.05, 0.1) is 5.69 Å². The smallest absolute Gasteiger partial charge is 0.142 e. The lowest BCUT2D eigenvalue weighted by molar-refractivity contribution is 0.714. The van der Waals surface area contributed by atoms with E-state index in [1.165, 1.54) is 10.6 Å². The quantitative estimate of drug-likeness (QED) is 0.900. The number of aromatic nitrogens is 3. The van der Waals surface area contributed by atoms with Crippen LogP contribution < -0.4 is 5.32 Å². The molecular weight excluding hydrogens is 244 g/mol. The van der Waals surface area contributed by atoms with E-state index >= 15 is 0 Å². The molecule has 1 N–H and O–H groups in total. The predicted molar refractivity (Wildman–Crippen MR) is 74.6 cm³/mol. The second kappa shape index (κ2) is 6.02. The van der Waals surface area contributed by atoms with E-state index in [4.69, 9.17) is 4.98 Å². The van der Waals surface area contributed by atoms with Gasteiger partial charge in [-0.25, -0.2) is 15.0 Å². The monoisotopic (exact) mass is 262 g/mol. The summed E-state index contributed by atoms with van der Waals surface area (Å²) in [5.41, 5.74) is 2.08. The Balaban J connectivity index is 2.33. The predicted octanol–water partition coefficient (Wildman–Crippen LogP) is 2.83. The van der Waals surface area contributed by atoms with Crippen LogP contribution >= 0.6 is 11.3 Å². The number of nitrogens with zero attached hydrogens (tertiary/aromatic N) is 3. The summed E-state index contributed by atoms with van der Waals surface area (Å²) < 4.78 is 0. The van der Waals surface area contributed by atoms with Crippen LogP contribution in [0.1, 0.15) is 37.3 Å². The summed E-state index contributed by atoms with van der Waals surface area (Å²) in [4.78, 5) is 14.2. The molecule has 0 aliphatic carbocycles. The zero-order chi connectivity index (χ0) is 13.0. The highest BCUT2D eigenvalue weighted by atomic mass is 32.1. The van der Waals surface area contributed by atoms with Crippen LogP contribution in [0, 0.1) is 0 Å². The molecule has 0 amide bonds. The topological polar surface area (TPSA) is 50.7 Å². The summed E-state index contributed by atoms with van der Waals surface area (Å²) in [6, 6.07) is 1.90. The first-order valence-electron chi connectivity index (χ1n) is 6.19. The van der Waals surface area contributed by atoms with Crippen molar-refractivity contribution in [1.29, 1.82) is 0 Å². The number of rotatable bonds is 5. The van der Waals surface area contributed by atoms with Crippen molar-refractivity contribution in [3.8, 4) is 10.7 Å². The van der Waals surface area contributed by atoms with Gasteiger partial charge in [-0.05, 0) is 18.5 Å². The summed E-state index contributed by atoms with van der Waals surface area (Å²) in [5.74, 6) is 0.436. The van der Waals surface area contributed by atoms with Gasteiger partial charge in [-0.15, -0.1) is 11.3 Å². The molecule has 0 atom stereocenters. The van der Waals surface area contributed by atoms with Gasteiger partial charge in [-0.2, -0.15) is 0 Å². The zero-order valence-electron chi connectivity index (χ0n) is 11.0. The van der Waals surface area contributed by atoms with Crippen molar-refractivity contribution in [2.24, 2.45) is 0 Å². The Morgan fingerprint density at radius 2 is 2.22 bits per heavy atom. The van der Waals surface area contributed by atoms with Crippen LogP contribution in [0.2, 0.25) is 0 Å². The summed E-state index contributed by atoms with van der Waals surface area (Å²) in [6.45, 7) is 8.31. The second-order valence-electron chi connectivity index (χ2n) is 4.36. The number of hydrogen-bond acceptors (Lipinski definition) is 5. The van der Waals surface area contributed by atoms with E-state index < -0.39 is 0 Å². The fraction of sp³-hybridized carbons (Fsp3) is 0.462. The molecule has 2 aromatic rings. The van der Waals surface area contributed by atoms with Crippen molar-refractivity contribution >= 4 is 11.3 Å². The number of hydrogen-bond donors (Lipinski definition) is 1. The molecule has 4 nitrogen and oxygen atoms in total. The summed E-state index contributed by atoms with van der Waals surface area (Å²) in [6.07, 6.45) is 3.32. The highest BCUT2D eigenvalue weighted by Gasteiger charge is 2.15. The van der Waals surface area contributed by atoms with Crippen molar-refractivity contribution in [1.82, 2.24) is 20.3 Å². The molecule has 0 saturated heterocycles. The highest BCUT2D eigenvalue weighted by molar-refractivity contribution is 7.15. The van der Waals surface area contributed by atoms with E-state index in [0.717, 1.165) is 23.8 Å². The van der Waals surface area contributed by atoms with Gasteiger partial charge in [0, 0.05) is 17.6 Å². The largest absolute Gasteiger partial charge is 0.312 e. The molecule has 2 aromatic heterocycles. The Bertz CT molecular complexity index is 493. The molecule has 0 aliphatic rings. The Kier molecular flexibility index (Phi) is 4.38. The van der Waals surface area contributed by atoms with E-state index in [-0.39, 0.29) is 0 Å². The number of nitrogens with one attached hydrogen (secondary N) is 1. The molecule has 0 saturated carbocycles. The van der Waals surface area contributed by atoms with Gasteiger partial charge in [0.15, 0.2) is 0 Å². The minimum atomic E-state index is 0.436. The molecule has 0 bridgehead atoms. The van der Waals surface area contributed by atoms with E-state index in [2.05, 4.69) is 36.1 Å². The van der Waals surface area contributed by atoms with Crippen LogP contribution in [0.4, 0.5) is 0 Å². The Labute approximate surface area is 112 Å². The van der Waals surface area contributed by atoms with E-state index in [1.807, 2.05) is 6.07 Å². The van der Waals surface area contributed by atoms with Gasteiger partial charge < -0.3 is 5.32 Å². The molecule has 2 heterocycles. The minimum absolute atomic E-state index is 0.436. The summed E-state index contributed by atoms with van der Waals surface area (Å²) >= 11 is 1.72.